The van der Waals surface area contributed by atoms with E-state index < -0.39 is 12.2 Å². The lowest BCUT2D eigenvalue weighted by molar-refractivity contribution is -0.125. The summed E-state index contributed by atoms with van der Waals surface area (Å²) >= 11 is 0. The summed E-state index contributed by atoms with van der Waals surface area (Å²) in [5, 5.41) is 19.0. The molecule has 0 aliphatic carbocycles. The van der Waals surface area contributed by atoms with E-state index in [0.29, 0.717) is 18.3 Å². The van der Waals surface area contributed by atoms with Gasteiger partial charge in [-0.25, -0.2) is 0 Å². The monoisotopic (exact) mass is 342 g/mol. The van der Waals surface area contributed by atoms with Crippen molar-refractivity contribution in [3.05, 3.63) is 11.6 Å². The van der Waals surface area contributed by atoms with Gasteiger partial charge in [-0.15, -0.1) is 0 Å². The molecule has 5 unspecified atom stereocenters. The van der Waals surface area contributed by atoms with Crippen molar-refractivity contribution in [2.45, 2.75) is 85.5 Å². The topological polar surface area (TPSA) is 66.8 Å². The Morgan fingerprint density at radius 2 is 1.71 bits per heavy atom. The first-order chi connectivity index (χ1) is 11.1. The Kier molecular flexibility index (Phi) is 11.4. The van der Waals surface area contributed by atoms with Crippen molar-refractivity contribution in [2.24, 2.45) is 17.8 Å². The zero-order chi connectivity index (χ0) is 18.9. The highest BCUT2D eigenvalue weighted by atomic mass is 16.5. The first-order valence-electron chi connectivity index (χ1n) is 9.21. The van der Waals surface area contributed by atoms with Gasteiger partial charge < -0.3 is 14.9 Å². The summed E-state index contributed by atoms with van der Waals surface area (Å²) in [7, 11) is 1.76. The molecule has 4 nitrogen and oxygen atoms in total. The number of aliphatic hydroxyl groups excluding tert-OH is 2. The lowest BCUT2D eigenvalue weighted by atomic mass is 9.88. The SMILES string of the molecule is CCC(/C=C(\C)CC(C)CC(OC)C(C)C)C(=O)CC(O)C(C)O. The Labute approximate surface area is 148 Å². The highest BCUT2D eigenvalue weighted by Gasteiger charge is 2.21. The Hall–Kier alpha value is -0.710. The molecule has 0 aromatic rings. The number of carbonyl (C=O) groups excluding carboxylic acids is 1. The van der Waals surface area contributed by atoms with E-state index in [1.54, 1.807) is 7.11 Å². The number of ether oxygens (including phenoxy) is 1. The van der Waals surface area contributed by atoms with Gasteiger partial charge in [0, 0.05) is 19.4 Å². The molecule has 5 atom stereocenters. The van der Waals surface area contributed by atoms with Crippen molar-refractivity contribution in [3.63, 3.8) is 0 Å². The highest BCUT2D eigenvalue weighted by Crippen LogP contribution is 2.23. The van der Waals surface area contributed by atoms with Crippen LogP contribution in [-0.4, -0.2) is 41.4 Å². The van der Waals surface area contributed by atoms with Crippen molar-refractivity contribution < 1.29 is 19.7 Å². The maximum Gasteiger partial charge on any atom is 0.142 e. The van der Waals surface area contributed by atoms with Crippen LogP contribution in [0.5, 0.6) is 0 Å². The number of methoxy groups -OCH3 is 1. The van der Waals surface area contributed by atoms with E-state index in [4.69, 9.17) is 4.74 Å². The van der Waals surface area contributed by atoms with E-state index >= 15 is 0 Å². The zero-order valence-corrected chi connectivity index (χ0v) is 16.6. The lowest BCUT2D eigenvalue weighted by Gasteiger charge is -2.23. The number of carbonyl (C=O) groups is 1. The molecule has 0 radical (unpaired) electrons. The van der Waals surface area contributed by atoms with Crippen molar-refractivity contribution in [1.82, 2.24) is 0 Å². The molecule has 0 aliphatic rings. The molecule has 0 aromatic carbocycles. The Balaban J connectivity index is 4.68. The van der Waals surface area contributed by atoms with Crippen molar-refractivity contribution in [1.29, 1.82) is 0 Å². The number of aliphatic hydroxyl groups is 2. The average Bonchev–Trinajstić information content (AvgIpc) is 2.49. The quantitative estimate of drug-likeness (QED) is 0.530. The fraction of sp³-hybridized carbons (Fsp3) is 0.850. The van der Waals surface area contributed by atoms with Gasteiger partial charge in [0.25, 0.3) is 0 Å². The number of hydrogen-bond acceptors (Lipinski definition) is 4. The second-order valence-electron chi connectivity index (χ2n) is 7.57. The predicted molar refractivity (Wildman–Crippen MR) is 98.9 cm³/mol. The summed E-state index contributed by atoms with van der Waals surface area (Å²) in [4.78, 5) is 12.3. The van der Waals surface area contributed by atoms with Crippen molar-refractivity contribution in [2.75, 3.05) is 7.11 Å². The third kappa shape index (κ3) is 8.95. The predicted octanol–water partition coefficient (Wildman–Crippen LogP) is 3.75. The van der Waals surface area contributed by atoms with Crippen LogP contribution in [0.1, 0.15) is 67.2 Å². The van der Waals surface area contributed by atoms with Crippen LogP contribution in [0.15, 0.2) is 11.6 Å². The molecule has 0 saturated heterocycles. The molecule has 0 rings (SSSR count). The minimum Gasteiger partial charge on any atom is -0.391 e. The summed E-state index contributed by atoms with van der Waals surface area (Å²) in [6.07, 6.45) is 3.10. The summed E-state index contributed by atoms with van der Waals surface area (Å²) < 4.78 is 5.55. The molecule has 0 aromatic heterocycles. The van der Waals surface area contributed by atoms with Gasteiger partial charge >= 0.3 is 0 Å². The van der Waals surface area contributed by atoms with E-state index in [9.17, 15) is 15.0 Å². The number of Topliss-reactive ketones (excluding diaryl/α,β-unsaturated/α-hetero) is 1. The van der Waals surface area contributed by atoms with Crippen LogP contribution in [0, 0.1) is 17.8 Å². The fourth-order valence-electron chi connectivity index (χ4n) is 3.05. The Morgan fingerprint density at radius 3 is 2.12 bits per heavy atom. The molecule has 0 spiro atoms. The number of rotatable bonds is 12. The van der Waals surface area contributed by atoms with E-state index in [1.807, 2.05) is 13.0 Å². The second-order valence-corrected chi connectivity index (χ2v) is 7.57. The molecule has 142 valence electrons. The van der Waals surface area contributed by atoms with Gasteiger partial charge in [0.1, 0.15) is 5.78 Å². The lowest BCUT2D eigenvalue weighted by Crippen LogP contribution is -2.28. The van der Waals surface area contributed by atoms with Crippen molar-refractivity contribution in [3.8, 4) is 0 Å². The zero-order valence-electron chi connectivity index (χ0n) is 16.6. The van der Waals surface area contributed by atoms with Gasteiger partial charge in [-0.1, -0.05) is 39.3 Å². The van der Waals surface area contributed by atoms with Crippen molar-refractivity contribution >= 4 is 5.78 Å². The molecule has 2 N–H and O–H groups in total. The molecule has 24 heavy (non-hydrogen) atoms. The Morgan fingerprint density at radius 1 is 1.12 bits per heavy atom. The minimum atomic E-state index is -0.979. The number of allylic oxidation sites excluding steroid dienone is 2. The molecule has 0 fully saturated rings. The summed E-state index contributed by atoms with van der Waals surface area (Å²) in [5.41, 5.74) is 1.20. The van der Waals surface area contributed by atoms with Gasteiger partial charge in [0.05, 0.1) is 18.3 Å². The summed E-state index contributed by atoms with van der Waals surface area (Å²) in [5.74, 6) is 0.793. The summed E-state index contributed by atoms with van der Waals surface area (Å²) in [6, 6.07) is 0. The second kappa shape index (κ2) is 11.8. The van der Waals surface area contributed by atoms with Crippen LogP contribution in [0.4, 0.5) is 0 Å². The third-order valence-electron chi connectivity index (χ3n) is 4.66. The van der Waals surface area contributed by atoms with Crippen LogP contribution in [-0.2, 0) is 9.53 Å². The van der Waals surface area contributed by atoms with Crippen LogP contribution in [0.25, 0.3) is 0 Å². The third-order valence-corrected chi connectivity index (χ3v) is 4.66. The maximum atomic E-state index is 12.3. The number of ketones is 1. The number of hydrogen-bond donors (Lipinski definition) is 2. The molecular formula is C20H38O4. The van der Waals surface area contributed by atoms with E-state index in [2.05, 4.69) is 27.7 Å². The first kappa shape index (κ1) is 23.3. The van der Waals surface area contributed by atoms with Gasteiger partial charge in [0.2, 0.25) is 0 Å². The molecule has 0 saturated carbocycles. The van der Waals surface area contributed by atoms with Gasteiger partial charge in [-0.2, -0.15) is 0 Å². The Bertz CT molecular complexity index is 387. The molecule has 0 amide bonds. The van der Waals surface area contributed by atoms with Crippen LogP contribution < -0.4 is 0 Å². The van der Waals surface area contributed by atoms with Gasteiger partial charge in [-0.05, 0) is 44.9 Å². The normalized spacial score (nSPS) is 19.0. The van der Waals surface area contributed by atoms with E-state index in [-0.39, 0.29) is 24.2 Å². The van der Waals surface area contributed by atoms with Crippen LogP contribution in [0.2, 0.25) is 0 Å². The van der Waals surface area contributed by atoms with Crippen LogP contribution in [0.3, 0.4) is 0 Å². The average molecular weight is 343 g/mol. The highest BCUT2D eigenvalue weighted by molar-refractivity contribution is 5.83. The van der Waals surface area contributed by atoms with Gasteiger partial charge in [-0.3, -0.25) is 4.79 Å². The van der Waals surface area contributed by atoms with E-state index in [1.165, 1.54) is 12.5 Å². The van der Waals surface area contributed by atoms with Crippen LogP contribution >= 0.6 is 0 Å². The molecule has 0 aliphatic heterocycles. The van der Waals surface area contributed by atoms with E-state index in [0.717, 1.165) is 12.8 Å². The molecular weight excluding hydrogens is 304 g/mol. The molecule has 0 bridgehead atoms. The molecule has 4 heteroatoms. The summed E-state index contributed by atoms with van der Waals surface area (Å²) in [6.45, 7) is 12.1. The standard InChI is InChI=1S/C20H38O4/c1-8-17(19(23)12-18(22)16(6)21)10-14(4)9-15(5)11-20(24-7)13(2)3/h10,13,15-18,20-22H,8-9,11-12H2,1-7H3/b14-10+. The molecule has 0 heterocycles. The first-order valence-corrected chi connectivity index (χ1v) is 9.21. The largest absolute Gasteiger partial charge is 0.391 e. The smallest absolute Gasteiger partial charge is 0.142 e. The minimum absolute atomic E-state index is 0.00477. The van der Waals surface area contributed by atoms with Gasteiger partial charge in [0.15, 0.2) is 0 Å². The fourth-order valence-corrected chi connectivity index (χ4v) is 3.05. The maximum absolute atomic E-state index is 12.3.